The van der Waals surface area contributed by atoms with Crippen molar-refractivity contribution in [1.29, 1.82) is 0 Å². The summed E-state index contributed by atoms with van der Waals surface area (Å²) in [6, 6.07) is 10.2. The molecular formula is C25H21B2Cl2FN2O3. The van der Waals surface area contributed by atoms with Crippen LogP contribution in [0.3, 0.4) is 0 Å². The highest BCUT2D eigenvalue weighted by Gasteiger charge is 2.35. The van der Waals surface area contributed by atoms with Gasteiger partial charge in [-0.2, -0.15) is 0 Å². The number of anilines is 1. The monoisotopic (exact) mass is 508 g/mol. The number of aldehydes is 1. The molecule has 0 unspecified atom stereocenters. The predicted octanol–water partition coefficient (Wildman–Crippen LogP) is 5.70. The van der Waals surface area contributed by atoms with Crippen LogP contribution in [-0.4, -0.2) is 45.3 Å². The SMILES string of the molecule is [B]C([B])(Oc1cc(-c2cc(C=O)ccc2Cl)cnc1N(C)C(=O)c1c(F)cccc1Cl)C(C)(C)C. The van der Waals surface area contributed by atoms with Gasteiger partial charge in [0.05, 0.1) is 10.6 Å². The van der Waals surface area contributed by atoms with Crippen molar-refractivity contribution in [3.05, 3.63) is 75.7 Å². The summed E-state index contributed by atoms with van der Waals surface area (Å²) >= 11 is 12.4. The third-order valence-electron chi connectivity index (χ3n) is 5.52. The van der Waals surface area contributed by atoms with E-state index in [1.165, 1.54) is 25.4 Å². The van der Waals surface area contributed by atoms with Gasteiger partial charge in [0.15, 0.2) is 11.6 Å². The number of ether oxygens (including phenoxy) is 1. The fourth-order valence-corrected chi connectivity index (χ4v) is 3.52. The quantitative estimate of drug-likeness (QED) is 0.316. The lowest BCUT2D eigenvalue weighted by atomic mass is 9.52. The minimum absolute atomic E-state index is 0.0188. The maximum Gasteiger partial charge on any atom is 0.263 e. The first-order valence-corrected chi connectivity index (χ1v) is 11.3. The second-order valence-corrected chi connectivity index (χ2v) is 9.82. The fourth-order valence-electron chi connectivity index (χ4n) is 3.05. The lowest BCUT2D eigenvalue weighted by Gasteiger charge is -2.41. The first-order chi connectivity index (χ1) is 16.3. The Bertz CT molecular complexity index is 1280. The number of halogens is 3. The number of amides is 1. The zero-order valence-corrected chi connectivity index (χ0v) is 21.1. The molecule has 2 aromatic carbocycles. The molecule has 3 aromatic rings. The van der Waals surface area contributed by atoms with Crippen LogP contribution in [0.4, 0.5) is 10.2 Å². The van der Waals surface area contributed by atoms with E-state index < -0.39 is 22.5 Å². The topological polar surface area (TPSA) is 59.5 Å². The number of nitrogens with zero attached hydrogens (tertiary/aromatic N) is 2. The van der Waals surface area contributed by atoms with E-state index in [0.29, 0.717) is 28.0 Å². The summed E-state index contributed by atoms with van der Waals surface area (Å²) < 4.78 is 20.4. The van der Waals surface area contributed by atoms with Crippen molar-refractivity contribution in [3.8, 4) is 16.9 Å². The van der Waals surface area contributed by atoms with E-state index >= 15 is 0 Å². The van der Waals surface area contributed by atoms with Gasteiger partial charge < -0.3 is 4.74 Å². The van der Waals surface area contributed by atoms with Gasteiger partial charge in [0.2, 0.25) is 0 Å². The number of hydrogen-bond acceptors (Lipinski definition) is 4. The molecule has 0 N–H and O–H groups in total. The van der Waals surface area contributed by atoms with Gasteiger partial charge in [-0.15, -0.1) is 0 Å². The molecule has 5 nitrogen and oxygen atoms in total. The number of rotatable bonds is 6. The van der Waals surface area contributed by atoms with Crippen LogP contribution in [0.2, 0.25) is 10.0 Å². The summed E-state index contributed by atoms with van der Waals surface area (Å²) in [6.07, 6.45) is 2.13. The fraction of sp³-hybridized carbons (Fsp3) is 0.240. The highest BCUT2D eigenvalue weighted by molar-refractivity contribution is 6.40. The summed E-state index contributed by atoms with van der Waals surface area (Å²) in [7, 11) is 13.9. The Morgan fingerprint density at radius 2 is 1.80 bits per heavy atom. The molecule has 0 spiro atoms. The van der Waals surface area contributed by atoms with Crippen LogP contribution in [0.1, 0.15) is 41.5 Å². The van der Waals surface area contributed by atoms with Gasteiger partial charge >= 0.3 is 0 Å². The third-order valence-corrected chi connectivity index (χ3v) is 6.16. The molecule has 0 aliphatic rings. The molecule has 0 saturated carbocycles. The Hall–Kier alpha value is -2.83. The highest BCUT2D eigenvalue weighted by atomic mass is 35.5. The standard InChI is InChI=1S/C25H21B2Cl2FN2O3/c1-24(2,3)25(26,27)35-20-11-15(16-10-14(13-33)8-9-17(16)28)12-31-22(20)32(4)23(34)21-18(29)6-5-7-19(21)30/h5-13H,1-4H3. The Morgan fingerprint density at radius 3 is 2.40 bits per heavy atom. The molecule has 35 heavy (non-hydrogen) atoms. The molecule has 0 fully saturated rings. The van der Waals surface area contributed by atoms with Crippen LogP contribution in [0.5, 0.6) is 5.75 Å². The van der Waals surface area contributed by atoms with Crippen molar-refractivity contribution in [2.24, 2.45) is 5.41 Å². The summed E-state index contributed by atoms with van der Waals surface area (Å²) in [6.45, 7) is 5.34. The number of aromatic nitrogens is 1. The second kappa shape index (κ2) is 10.0. The van der Waals surface area contributed by atoms with Crippen molar-refractivity contribution >= 4 is 56.9 Å². The lowest BCUT2D eigenvalue weighted by Crippen LogP contribution is -2.49. The van der Waals surface area contributed by atoms with Crippen LogP contribution in [0.25, 0.3) is 11.1 Å². The molecular weight excluding hydrogens is 488 g/mol. The number of pyridine rings is 1. The van der Waals surface area contributed by atoms with Gasteiger partial charge in [0.25, 0.3) is 5.91 Å². The molecule has 1 amide bonds. The number of benzene rings is 2. The normalized spacial score (nSPS) is 11.7. The maximum absolute atomic E-state index is 14.4. The second-order valence-electron chi connectivity index (χ2n) is 9.01. The molecule has 3 rings (SSSR count). The Balaban J connectivity index is 2.17. The Labute approximate surface area is 216 Å². The van der Waals surface area contributed by atoms with Crippen LogP contribution in [0, 0.1) is 11.2 Å². The van der Waals surface area contributed by atoms with Crippen molar-refractivity contribution in [2.75, 3.05) is 11.9 Å². The number of hydrogen-bond donors (Lipinski definition) is 0. The Morgan fingerprint density at radius 1 is 1.11 bits per heavy atom. The van der Waals surface area contributed by atoms with E-state index in [-0.39, 0.29) is 22.2 Å². The van der Waals surface area contributed by atoms with Crippen molar-refractivity contribution in [2.45, 2.75) is 26.2 Å². The molecule has 0 atom stereocenters. The van der Waals surface area contributed by atoms with Gasteiger partial charge in [-0.1, -0.05) is 56.1 Å². The van der Waals surface area contributed by atoms with Crippen LogP contribution in [-0.2, 0) is 0 Å². The molecule has 10 heteroatoms. The molecule has 0 aliphatic carbocycles. The number of carbonyl (C=O) groups is 2. The summed E-state index contributed by atoms with van der Waals surface area (Å²) in [5.74, 6) is -1.48. The minimum Gasteiger partial charge on any atom is -0.503 e. The first-order valence-electron chi connectivity index (χ1n) is 10.5. The predicted molar refractivity (Wildman–Crippen MR) is 139 cm³/mol. The van der Waals surface area contributed by atoms with Gasteiger partial charge in [0.1, 0.15) is 27.8 Å². The molecule has 0 bridgehead atoms. The summed E-state index contributed by atoms with van der Waals surface area (Å²) in [5, 5.41) is -1.38. The van der Waals surface area contributed by atoms with Crippen molar-refractivity contribution in [3.63, 3.8) is 0 Å². The van der Waals surface area contributed by atoms with Crippen LogP contribution in [0.15, 0.2) is 48.7 Å². The van der Waals surface area contributed by atoms with Gasteiger partial charge in [-0.3, -0.25) is 14.5 Å². The van der Waals surface area contributed by atoms with Gasteiger partial charge in [-0.05, 0) is 35.7 Å². The minimum atomic E-state index is -1.68. The smallest absolute Gasteiger partial charge is 0.263 e. The van der Waals surface area contributed by atoms with Gasteiger partial charge in [-0.25, -0.2) is 9.37 Å². The lowest BCUT2D eigenvalue weighted by molar-refractivity contribution is 0.0981. The zero-order valence-electron chi connectivity index (χ0n) is 19.6. The molecule has 0 saturated heterocycles. The Kier molecular flexibility index (Phi) is 7.68. The molecule has 1 heterocycles. The van der Waals surface area contributed by atoms with Crippen molar-refractivity contribution < 1.29 is 18.7 Å². The average Bonchev–Trinajstić information content (AvgIpc) is 2.77. The van der Waals surface area contributed by atoms with E-state index in [4.69, 9.17) is 43.6 Å². The van der Waals surface area contributed by atoms with Crippen LogP contribution >= 0.6 is 23.2 Å². The van der Waals surface area contributed by atoms with E-state index in [1.807, 2.05) is 0 Å². The first kappa shape index (κ1) is 26.8. The molecule has 0 aliphatic heterocycles. The average molecular weight is 509 g/mol. The summed E-state index contributed by atoms with van der Waals surface area (Å²) in [5.41, 5.74) is 0.331. The number of carbonyl (C=O) groups excluding carboxylic acids is 2. The summed E-state index contributed by atoms with van der Waals surface area (Å²) in [4.78, 5) is 29.9. The molecule has 176 valence electrons. The van der Waals surface area contributed by atoms with E-state index in [2.05, 4.69) is 4.98 Å². The highest BCUT2D eigenvalue weighted by Crippen LogP contribution is 2.39. The molecule has 4 radical (unpaired) electrons. The molecule has 1 aromatic heterocycles. The third kappa shape index (κ3) is 5.54. The van der Waals surface area contributed by atoms with E-state index in [9.17, 15) is 14.0 Å². The van der Waals surface area contributed by atoms with Crippen LogP contribution < -0.4 is 9.64 Å². The largest absolute Gasteiger partial charge is 0.503 e. The van der Waals surface area contributed by atoms with Gasteiger partial charge in [0, 0.05) is 40.4 Å². The zero-order chi connectivity index (χ0) is 26.1. The van der Waals surface area contributed by atoms with E-state index in [1.54, 1.807) is 45.0 Å². The van der Waals surface area contributed by atoms with E-state index in [0.717, 1.165) is 11.0 Å². The maximum atomic E-state index is 14.4. The van der Waals surface area contributed by atoms with Crippen molar-refractivity contribution in [1.82, 2.24) is 4.98 Å².